The molecule has 1 heterocycles. The Balaban J connectivity index is 3.38. The summed E-state index contributed by atoms with van der Waals surface area (Å²) in [5, 5.41) is 8.40. The Morgan fingerprint density at radius 1 is 1.53 bits per heavy atom. The number of hydrogen-bond donors (Lipinski definition) is 0. The standard InChI is InChI=1S/C9H6ClF3N2/c10-3-7-8(9(12)13)5(1-2-14)6(11)4-15-7/h4,9H,1,3H2. The molecule has 1 aromatic heterocycles. The first kappa shape index (κ1) is 11.8. The number of rotatable bonds is 3. The molecule has 80 valence electrons. The van der Waals surface area contributed by atoms with Crippen LogP contribution in [0.2, 0.25) is 0 Å². The highest BCUT2D eigenvalue weighted by atomic mass is 35.5. The molecule has 1 rings (SSSR count). The third kappa shape index (κ3) is 2.39. The number of nitriles is 1. The lowest BCUT2D eigenvalue weighted by Gasteiger charge is -2.10. The van der Waals surface area contributed by atoms with Crippen molar-refractivity contribution < 1.29 is 13.2 Å². The lowest BCUT2D eigenvalue weighted by molar-refractivity contribution is 0.148. The van der Waals surface area contributed by atoms with Crippen molar-refractivity contribution in [1.29, 1.82) is 5.26 Å². The number of halogens is 4. The molecule has 2 nitrogen and oxygen atoms in total. The van der Waals surface area contributed by atoms with E-state index in [-0.39, 0.29) is 17.1 Å². The number of hydrogen-bond acceptors (Lipinski definition) is 2. The first-order chi connectivity index (χ1) is 7.11. The quantitative estimate of drug-likeness (QED) is 0.754. The average Bonchev–Trinajstić information content (AvgIpc) is 2.20. The smallest absolute Gasteiger partial charge is 0.256 e. The topological polar surface area (TPSA) is 36.7 Å². The number of pyridine rings is 1. The van der Waals surface area contributed by atoms with E-state index in [0.29, 0.717) is 0 Å². The Hall–Kier alpha value is -1.28. The lowest BCUT2D eigenvalue weighted by Crippen LogP contribution is -2.05. The highest BCUT2D eigenvalue weighted by Crippen LogP contribution is 2.28. The Kier molecular flexibility index (Phi) is 3.92. The van der Waals surface area contributed by atoms with Crippen molar-refractivity contribution in [2.24, 2.45) is 0 Å². The fraction of sp³-hybridized carbons (Fsp3) is 0.333. The number of aromatic nitrogens is 1. The summed E-state index contributed by atoms with van der Waals surface area (Å²) in [5.41, 5.74) is -0.969. The Bertz CT molecular complexity index is 401. The molecule has 0 saturated heterocycles. The van der Waals surface area contributed by atoms with Crippen molar-refractivity contribution >= 4 is 11.6 Å². The fourth-order valence-electron chi connectivity index (χ4n) is 1.21. The van der Waals surface area contributed by atoms with Crippen LogP contribution < -0.4 is 0 Å². The van der Waals surface area contributed by atoms with Crippen LogP contribution in [0.5, 0.6) is 0 Å². The maximum Gasteiger partial charge on any atom is 0.266 e. The largest absolute Gasteiger partial charge is 0.266 e. The molecule has 15 heavy (non-hydrogen) atoms. The highest BCUT2D eigenvalue weighted by Gasteiger charge is 2.21. The number of alkyl halides is 3. The van der Waals surface area contributed by atoms with Gasteiger partial charge in [0.15, 0.2) is 0 Å². The second-order valence-corrected chi connectivity index (χ2v) is 2.98. The van der Waals surface area contributed by atoms with Crippen LogP contribution in [0.15, 0.2) is 6.20 Å². The summed E-state index contributed by atoms with van der Waals surface area (Å²) in [6.45, 7) is 0. The summed E-state index contributed by atoms with van der Waals surface area (Å²) in [6.07, 6.45) is -2.50. The van der Waals surface area contributed by atoms with Crippen LogP contribution >= 0.6 is 11.6 Å². The lowest BCUT2D eigenvalue weighted by atomic mass is 10.0. The molecule has 0 amide bonds. The Labute approximate surface area is 89.3 Å². The molecule has 0 aliphatic heterocycles. The summed E-state index contributed by atoms with van der Waals surface area (Å²) in [4.78, 5) is 3.46. The molecule has 1 aromatic rings. The zero-order valence-corrected chi connectivity index (χ0v) is 8.23. The van der Waals surface area contributed by atoms with Crippen molar-refractivity contribution in [3.63, 3.8) is 0 Å². The Morgan fingerprint density at radius 3 is 2.67 bits per heavy atom. The van der Waals surface area contributed by atoms with Crippen LogP contribution in [0.25, 0.3) is 0 Å². The van der Waals surface area contributed by atoms with E-state index in [4.69, 9.17) is 16.9 Å². The second kappa shape index (κ2) is 4.99. The van der Waals surface area contributed by atoms with Crippen LogP contribution in [0.4, 0.5) is 13.2 Å². The molecule has 0 atom stereocenters. The second-order valence-electron chi connectivity index (χ2n) is 2.71. The molecule has 0 aliphatic carbocycles. The van der Waals surface area contributed by atoms with E-state index in [2.05, 4.69) is 4.98 Å². The molecule has 0 N–H and O–H groups in total. The monoisotopic (exact) mass is 234 g/mol. The SMILES string of the molecule is N#CCc1c(F)cnc(CCl)c1C(F)F. The van der Waals surface area contributed by atoms with Gasteiger partial charge in [-0.3, -0.25) is 4.98 Å². The zero-order chi connectivity index (χ0) is 11.4. The maximum atomic E-state index is 13.1. The fourth-order valence-corrected chi connectivity index (χ4v) is 1.42. The van der Waals surface area contributed by atoms with E-state index in [1.54, 1.807) is 6.07 Å². The minimum Gasteiger partial charge on any atom is -0.256 e. The van der Waals surface area contributed by atoms with Crippen LogP contribution in [0.1, 0.15) is 23.2 Å². The first-order valence-electron chi connectivity index (χ1n) is 3.99. The van der Waals surface area contributed by atoms with Gasteiger partial charge >= 0.3 is 0 Å². The Morgan fingerprint density at radius 2 is 2.20 bits per heavy atom. The molecule has 0 aromatic carbocycles. The van der Waals surface area contributed by atoms with Gasteiger partial charge in [-0.05, 0) is 0 Å². The van der Waals surface area contributed by atoms with Gasteiger partial charge in [0.1, 0.15) is 5.82 Å². The third-order valence-corrected chi connectivity index (χ3v) is 2.11. The maximum absolute atomic E-state index is 13.1. The first-order valence-corrected chi connectivity index (χ1v) is 4.52. The molecular formula is C9H6ClF3N2. The molecule has 0 saturated carbocycles. The van der Waals surface area contributed by atoms with E-state index in [1.165, 1.54) is 0 Å². The van der Waals surface area contributed by atoms with Crippen LogP contribution in [0, 0.1) is 17.1 Å². The van der Waals surface area contributed by atoms with Gasteiger partial charge in [-0.15, -0.1) is 11.6 Å². The summed E-state index contributed by atoms with van der Waals surface area (Å²) in [5.74, 6) is -1.14. The van der Waals surface area contributed by atoms with Crippen molar-refractivity contribution in [1.82, 2.24) is 4.98 Å². The zero-order valence-electron chi connectivity index (χ0n) is 7.48. The summed E-state index contributed by atoms with van der Waals surface area (Å²) >= 11 is 5.40. The minimum atomic E-state index is -2.88. The van der Waals surface area contributed by atoms with Gasteiger partial charge in [0, 0.05) is 11.1 Å². The molecule has 0 fully saturated rings. The van der Waals surface area contributed by atoms with E-state index >= 15 is 0 Å². The molecule has 0 aliphatic rings. The van der Waals surface area contributed by atoms with Crippen molar-refractivity contribution in [3.8, 4) is 6.07 Å². The van der Waals surface area contributed by atoms with Gasteiger partial charge in [-0.25, -0.2) is 13.2 Å². The summed E-state index contributed by atoms with van der Waals surface area (Å²) in [6, 6.07) is 1.63. The number of nitrogens with zero attached hydrogens (tertiary/aromatic N) is 2. The van der Waals surface area contributed by atoms with Crippen molar-refractivity contribution in [3.05, 3.63) is 28.8 Å². The molecule has 0 spiro atoms. The summed E-state index contributed by atoms with van der Waals surface area (Å²) in [7, 11) is 0. The van der Waals surface area contributed by atoms with Gasteiger partial charge in [0.2, 0.25) is 0 Å². The molecular weight excluding hydrogens is 229 g/mol. The molecule has 0 bridgehead atoms. The minimum absolute atomic E-state index is 0.0849. The van der Waals surface area contributed by atoms with Gasteiger partial charge in [-0.2, -0.15) is 5.26 Å². The van der Waals surface area contributed by atoms with Gasteiger partial charge < -0.3 is 0 Å². The van der Waals surface area contributed by atoms with E-state index in [9.17, 15) is 13.2 Å². The highest BCUT2D eigenvalue weighted by molar-refractivity contribution is 6.17. The van der Waals surface area contributed by atoms with E-state index in [0.717, 1.165) is 6.20 Å². The predicted octanol–water partition coefficient (Wildman–Crippen LogP) is 2.96. The van der Waals surface area contributed by atoms with E-state index in [1.807, 2.05) is 0 Å². The summed E-state index contributed by atoms with van der Waals surface area (Å²) < 4.78 is 38.3. The molecule has 0 unspecified atom stereocenters. The van der Waals surface area contributed by atoms with E-state index < -0.39 is 24.2 Å². The average molecular weight is 235 g/mol. The van der Waals surface area contributed by atoms with Gasteiger partial charge in [0.05, 0.1) is 30.3 Å². The predicted molar refractivity (Wildman–Crippen MR) is 48.0 cm³/mol. The van der Waals surface area contributed by atoms with Crippen LogP contribution in [-0.2, 0) is 12.3 Å². The van der Waals surface area contributed by atoms with Gasteiger partial charge in [0.25, 0.3) is 6.43 Å². The van der Waals surface area contributed by atoms with Crippen molar-refractivity contribution in [2.75, 3.05) is 0 Å². The normalized spacial score (nSPS) is 10.4. The van der Waals surface area contributed by atoms with Crippen molar-refractivity contribution in [2.45, 2.75) is 18.7 Å². The molecule has 6 heteroatoms. The van der Waals surface area contributed by atoms with Gasteiger partial charge in [-0.1, -0.05) is 0 Å². The van der Waals surface area contributed by atoms with Crippen LogP contribution in [0.3, 0.4) is 0 Å². The third-order valence-electron chi connectivity index (χ3n) is 1.86. The van der Waals surface area contributed by atoms with Crippen LogP contribution in [-0.4, -0.2) is 4.98 Å². The molecule has 0 radical (unpaired) electrons.